The van der Waals surface area contributed by atoms with E-state index < -0.39 is 0 Å². The maximum absolute atomic E-state index is 10.3. The Kier molecular flexibility index (Phi) is 5.74. The van der Waals surface area contributed by atoms with Crippen molar-refractivity contribution < 1.29 is 5.11 Å². The van der Waals surface area contributed by atoms with Gasteiger partial charge in [-0.15, -0.1) is 0 Å². The van der Waals surface area contributed by atoms with Gasteiger partial charge in [0.1, 0.15) is 0 Å². The number of aryl methyl sites for hydroxylation is 1. The van der Waals surface area contributed by atoms with E-state index in [1.807, 2.05) is 18.2 Å². The SMILES string of the molecule is CCC1CN(CCC(O)c2ccccc2C)CCS1. The Hall–Kier alpha value is -0.510. The Balaban J connectivity index is 1.83. The molecule has 1 saturated heterocycles. The first kappa shape index (κ1) is 14.9. The number of aliphatic hydroxyl groups is 1. The third-order valence-corrected chi connectivity index (χ3v) is 5.32. The lowest BCUT2D eigenvalue weighted by Gasteiger charge is -2.32. The van der Waals surface area contributed by atoms with Gasteiger partial charge in [0, 0.05) is 30.6 Å². The number of benzene rings is 1. The molecule has 1 aliphatic heterocycles. The summed E-state index contributed by atoms with van der Waals surface area (Å²) in [5.74, 6) is 1.24. The van der Waals surface area contributed by atoms with Crippen molar-refractivity contribution in [2.75, 3.05) is 25.4 Å². The Morgan fingerprint density at radius 3 is 2.95 bits per heavy atom. The van der Waals surface area contributed by atoms with Crippen LogP contribution in [0.5, 0.6) is 0 Å². The maximum Gasteiger partial charge on any atom is 0.0804 e. The summed E-state index contributed by atoms with van der Waals surface area (Å²) < 4.78 is 0. The lowest BCUT2D eigenvalue weighted by Crippen LogP contribution is -2.38. The van der Waals surface area contributed by atoms with Gasteiger partial charge in [0.15, 0.2) is 0 Å². The fraction of sp³-hybridized carbons (Fsp3) is 0.625. The number of rotatable bonds is 5. The van der Waals surface area contributed by atoms with Crippen LogP contribution in [0, 0.1) is 6.92 Å². The van der Waals surface area contributed by atoms with Crippen molar-refractivity contribution >= 4 is 11.8 Å². The largest absolute Gasteiger partial charge is 0.388 e. The molecule has 0 bridgehead atoms. The van der Waals surface area contributed by atoms with Crippen molar-refractivity contribution in [2.24, 2.45) is 0 Å². The minimum Gasteiger partial charge on any atom is -0.388 e. The second kappa shape index (κ2) is 7.32. The zero-order valence-corrected chi connectivity index (χ0v) is 12.8. The van der Waals surface area contributed by atoms with Crippen molar-refractivity contribution in [2.45, 2.75) is 38.0 Å². The molecule has 3 heteroatoms. The molecule has 1 fully saturated rings. The third-order valence-electron chi connectivity index (χ3n) is 3.94. The average molecular weight is 279 g/mol. The molecule has 1 N–H and O–H groups in total. The first-order valence-corrected chi connectivity index (χ1v) is 8.33. The van der Waals surface area contributed by atoms with Crippen LogP contribution in [0.4, 0.5) is 0 Å². The van der Waals surface area contributed by atoms with Gasteiger partial charge in [-0.2, -0.15) is 11.8 Å². The van der Waals surface area contributed by atoms with Gasteiger partial charge >= 0.3 is 0 Å². The van der Waals surface area contributed by atoms with Gasteiger partial charge < -0.3 is 10.0 Å². The van der Waals surface area contributed by atoms with E-state index in [2.05, 4.69) is 36.6 Å². The van der Waals surface area contributed by atoms with Crippen LogP contribution < -0.4 is 0 Å². The number of aliphatic hydroxyl groups excluding tert-OH is 1. The summed E-state index contributed by atoms with van der Waals surface area (Å²) in [6.45, 7) is 7.70. The Morgan fingerprint density at radius 2 is 2.21 bits per heavy atom. The van der Waals surface area contributed by atoms with Crippen LogP contribution in [-0.2, 0) is 0 Å². The molecule has 2 nitrogen and oxygen atoms in total. The zero-order valence-electron chi connectivity index (χ0n) is 12.0. The molecule has 1 heterocycles. The first-order valence-electron chi connectivity index (χ1n) is 7.28. The number of hydrogen-bond donors (Lipinski definition) is 1. The van der Waals surface area contributed by atoms with E-state index >= 15 is 0 Å². The first-order chi connectivity index (χ1) is 9.20. The minimum atomic E-state index is -0.323. The molecule has 0 amide bonds. The quantitative estimate of drug-likeness (QED) is 0.895. The number of hydrogen-bond acceptors (Lipinski definition) is 3. The van der Waals surface area contributed by atoms with E-state index in [-0.39, 0.29) is 6.10 Å². The monoisotopic (exact) mass is 279 g/mol. The van der Waals surface area contributed by atoms with E-state index in [4.69, 9.17) is 0 Å². The number of nitrogens with zero attached hydrogens (tertiary/aromatic N) is 1. The summed E-state index contributed by atoms with van der Waals surface area (Å²) in [6, 6.07) is 8.15. The molecule has 2 atom stereocenters. The fourth-order valence-corrected chi connectivity index (χ4v) is 3.90. The molecule has 2 rings (SSSR count). The van der Waals surface area contributed by atoms with Crippen LogP contribution in [0.2, 0.25) is 0 Å². The van der Waals surface area contributed by atoms with Gasteiger partial charge in [-0.25, -0.2) is 0 Å². The summed E-state index contributed by atoms with van der Waals surface area (Å²) in [4.78, 5) is 2.51. The van der Waals surface area contributed by atoms with Crippen molar-refractivity contribution in [3.8, 4) is 0 Å². The second-order valence-electron chi connectivity index (χ2n) is 5.36. The predicted molar refractivity (Wildman–Crippen MR) is 83.7 cm³/mol. The molecule has 0 aromatic heterocycles. The molecule has 1 aromatic rings. The van der Waals surface area contributed by atoms with Gasteiger partial charge in [0.2, 0.25) is 0 Å². The van der Waals surface area contributed by atoms with Crippen LogP contribution in [-0.4, -0.2) is 40.6 Å². The fourth-order valence-electron chi connectivity index (χ4n) is 2.65. The second-order valence-corrected chi connectivity index (χ2v) is 6.77. The molecule has 2 unspecified atom stereocenters. The van der Waals surface area contributed by atoms with Crippen molar-refractivity contribution in [1.82, 2.24) is 4.90 Å². The summed E-state index contributed by atoms with van der Waals surface area (Å²) >= 11 is 2.10. The zero-order chi connectivity index (χ0) is 13.7. The van der Waals surface area contributed by atoms with E-state index in [0.29, 0.717) is 0 Å². The number of thioether (sulfide) groups is 1. The summed E-state index contributed by atoms with van der Waals surface area (Å²) in [6.07, 6.45) is 1.77. The molecule has 0 spiro atoms. The average Bonchev–Trinajstić information content (AvgIpc) is 2.45. The maximum atomic E-state index is 10.3. The van der Waals surface area contributed by atoms with Crippen molar-refractivity contribution in [1.29, 1.82) is 0 Å². The van der Waals surface area contributed by atoms with Crippen LogP contribution >= 0.6 is 11.8 Å². The standard InChI is InChI=1S/C16H25NOS/c1-3-14-12-17(10-11-19-14)9-8-16(18)15-7-5-4-6-13(15)2/h4-7,14,16,18H,3,8-12H2,1-2H3. The van der Waals surface area contributed by atoms with E-state index in [1.165, 1.54) is 30.8 Å². The van der Waals surface area contributed by atoms with E-state index in [0.717, 1.165) is 23.8 Å². The van der Waals surface area contributed by atoms with E-state index in [9.17, 15) is 5.11 Å². The molecule has 0 radical (unpaired) electrons. The molecular formula is C16H25NOS. The smallest absolute Gasteiger partial charge is 0.0804 e. The minimum absolute atomic E-state index is 0.323. The van der Waals surface area contributed by atoms with Crippen molar-refractivity contribution in [3.05, 3.63) is 35.4 Å². The highest BCUT2D eigenvalue weighted by Gasteiger charge is 2.19. The van der Waals surface area contributed by atoms with E-state index in [1.54, 1.807) is 0 Å². The molecule has 0 aliphatic carbocycles. The van der Waals surface area contributed by atoms with Gasteiger partial charge in [0.05, 0.1) is 6.10 Å². The Labute approximate surface area is 121 Å². The van der Waals surface area contributed by atoms with Crippen molar-refractivity contribution in [3.63, 3.8) is 0 Å². The molecule has 1 aromatic carbocycles. The normalized spacial score (nSPS) is 22.4. The highest BCUT2D eigenvalue weighted by Crippen LogP contribution is 2.24. The molecular weight excluding hydrogens is 254 g/mol. The predicted octanol–water partition coefficient (Wildman–Crippen LogP) is 3.25. The van der Waals surface area contributed by atoms with Gasteiger partial charge in [0.25, 0.3) is 0 Å². The van der Waals surface area contributed by atoms with Gasteiger partial charge in [-0.3, -0.25) is 0 Å². The summed E-state index contributed by atoms with van der Waals surface area (Å²) in [5.41, 5.74) is 2.27. The summed E-state index contributed by atoms with van der Waals surface area (Å²) in [7, 11) is 0. The van der Waals surface area contributed by atoms with Crippen LogP contribution in [0.25, 0.3) is 0 Å². The highest BCUT2D eigenvalue weighted by molar-refractivity contribution is 8.00. The topological polar surface area (TPSA) is 23.5 Å². The molecule has 19 heavy (non-hydrogen) atoms. The van der Waals surface area contributed by atoms with Crippen LogP contribution in [0.15, 0.2) is 24.3 Å². The highest BCUT2D eigenvalue weighted by atomic mass is 32.2. The Morgan fingerprint density at radius 1 is 1.42 bits per heavy atom. The lowest BCUT2D eigenvalue weighted by atomic mass is 10.0. The van der Waals surface area contributed by atoms with Crippen LogP contribution in [0.3, 0.4) is 0 Å². The van der Waals surface area contributed by atoms with Gasteiger partial charge in [-0.05, 0) is 30.9 Å². The summed E-state index contributed by atoms with van der Waals surface area (Å²) in [5, 5.41) is 11.1. The lowest BCUT2D eigenvalue weighted by molar-refractivity contribution is 0.142. The van der Waals surface area contributed by atoms with Gasteiger partial charge in [-0.1, -0.05) is 31.2 Å². The third kappa shape index (κ3) is 4.23. The molecule has 0 saturated carbocycles. The Bertz CT molecular complexity index is 396. The van der Waals surface area contributed by atoms with Crippen LogP contribution in [0.1, 0.15) is 37.0 Å². The molecule has 1 aliphatic rings. The molecule has 106 valence electrons.